The molecule has 0 aliphatic carbocycles. The van der Waals surface area contributed by atoms with Crippen LogP contribution in [0.4, 0.5) is 5.13 Å². The molecule has 1 amide bonds. The van der Waals surface area contributed by atoms with Crippen molar-refractivity contribution < 1.29 is 13.2 Å². The molecule has 2 rings (SSSR count). The number of anilines is 1. The third-order valence-electron chi connectivity index (χ3n) is 2.70. The maximum Gasteiger partial charge on any atom is 0.261 e. The first-order valence-corrected chi connectivity index (χ1v) is 8.13. The van der Waals surface area contributed by atoms with Gasteiger partial charge in [-0.3, -0.25) is 4.79 Å². The van der Waals surface area contributed by atoms with Gasteiger partial charge in [-0.1, -0.05) is 0 Å². The Labute approximate surface area is 116 Å². The first kappa shape index (κ1) is 14.4. The minimum absolute atomic E-state index is 0.0446. The second kappa shape index (κ2) is 5.53. The Bertz CT molecular complexity index is 576. The van der Waals surface area contributed by atoms with Crippen LogP contribution in [0.2, 0.25) is 0 Å². The van der Waals surface area contributed by atoms with E-state index in [0.29, 0.717) is 36.2 Å². The number of nitrogens with zero attached hydrogens (tertiary/aromatic N) is 2. The monoisotopic (exact) mass is 304 g/mol. The van der Waals surface area contributed by atoms with E-state index in [9.17, 15) is 13.2 Å². The van der Waals surface area contributed by atoms with E-state index >= 15 is 0 Å². The van der Waals surface area contributed by atoms with Crippen molar-refractivity contribution in [3.63, 3.8) is 0 Å². The average molecular weight is 304 g/mol. The molecule has 0 saturated carbocycles. The predicted octanol–water partition coefficient (Wildman–Crippen LogP) is 0.00382. The fourth-order valence-electron chi connectivity index (χ4n) is 1.83. The van der Waals surface area contributed by atoms with Crippen LogP contribution in [-0.4, -0.2) is 49.8 Å². The number of thiazole rings is 1. The third kappa shape index (κ3) is 3.11. The van der Waals surface area contributed by atoms with Crippen molar-refractivity contribution in [2.24, 2.45) is 0 Å². The number of carbonyl (C=O) groups excluding carboxylic acids is 1. The van der Waals surface area contributed by atoms with Gasteiger partial charge in [-0.2, -0.15) is 4.31 Å². The first-order chi connectivity index (χ1) is 8.91. The van der Waals surface area contributed by atoms with E-state index in [1.807, 2.05) is 0 Å². The second-order valence-corrected chi connectivity index (χ2v) is 7.27. The molecule has 0 spiro atoms. The van der Waals surface area contributed by atoms with Gasteiger partial charge in [-0.05, 0) is 6.92 Å². The van der Waals surface area contributed by atoms with Crippen molar-refractivity contribution in [3.05, 3.63) is 4.88 Å². The van der Waals surface area contributed by atoms with Gasteiger partial charge in [0.2, 0.25) is 5.91 Å². The number of hydrogen-bond acceptors (Lipinski definition) is 6. The minimum atomic E-state index is -3.57. The largest absolute Gasteiger partial charge is 0.314 e. The maximum absolute atomic E-state index is 12.4. The van der Waals surface area contributed by atoms with Crippen molar-refractivity contribution >= 4 is 32.4 Å². The lowest BCUT2D eigenvalue weighted by Crippen LogP contribution is -2.46. The highest BCUT2D eigenvalue weighted by atomic mass is 32.2. The molecule has 1 aliphatic rings. The Morgan fingerprint density at radius 1 is 1.42 bits per heavy atom. The summed E-state index contributed by atoms with van der Waals surface area (Å²) >= 11 is 1.17. The SMILES string of the molecule is CC(=O)Nc1nc(S(=O)(=O)N2CCNCC2)c(C)s1. The molecular formula is C10H16N4O3S2. The summed E-state index contributed by atoms with van der Waals surface area (Å²) in [6.07, 6.45) is 0. The van der Waals surface area contributed by atoms with E-state index in [2.05, 4.69) is 15.6 Å². The minimum Gasteiger partial charge on any atom is -0.314 e. The molecule has 1 saturated heterocycles. The van der Waals surface area contributed by atoms with E-state index in [1.165, 1.54) is 22.6 Å². The average Bonchev–Trinajstić information content (AvgIpc) is 2.71. The molecule has 0 bridgehead atoms. The van der Waals surface area contributed by atoms with E-state index in [-0.39, 0.29) is 10.9 Å². The van der Waals surface area contributed by atoms with Gasteiger partial charge in [0, 0.05) is 38.0 Å². The van der Waals surface area contributed by atoms with E-state index < -0.39 is 10.0 Å². The zero-order chi connectivity index (χ0) is 14.0. The van der Waals surface area contributed by atoms with E-state index in [0.717, 1.165) is 0 Å². The highest BCUT2D eigenvalue weighted by Gasteiger charge is 2.30. The summed E-state index contributed by atoms with van der Waals surface area (Å²) in [5, 5.41) is 5.98. The predicted molar refractivity (Wildman–Crippen MR) is 72.8 cm³/mol. The van der Waals surface area contributed by atoms with Crippen molar-refractivity contribution in [3.8, 4) is 0 Å². The standard InChI is InChI=1S/C10H16N4O3S2/c1-7-9(13-10(18-7)12-8(2)15)19(16,17)14-5-3-11-4-6-14/h11H,3-6H2,1-2H3,(H,12,13,15). The van der Waals surface area contributed by atoms with Gasteiger partial charge in [0.05, 0.1) is 0 Å². The summed E-state index contributed by atoms with van der Waals surface area (Å²) in [6.45, 7) is 5.21. The van der Waals surface area contributed by atoms with Gasteiger partial charge < -0.3 is 10.6 Å². The topological polar surface area (TPSA) is 91.4 Å². The molecule has 106 valence electrons. The molecule has 7 nitrogen and oxygen atoms in total. The lowest BCUT2D eigenvalue weighted by Gasteiger charge is -2.25. The molecule has 1 aromatic rings. The smallest absolute Gasteiger partial charge is 0.261 e. The number of rotatable bonds is 3. The summed E-state index contributed by atoms with van der Waals surface area (Å²) in [4.78, 5) is 15.6. The van der Waals surface area contributed by atoms with Crippen LogP contribution in [-0.2, 0) is 14.8 Å². The molecule has 0 aromatic carbocycles. The summed E-state index contributed by atoms with van der Waals surface area (Å²) in [6, 6.07) is 0. The molecule has 0 unspecified atom stereocenters. The molecular weight excluding hydrogens is 288 g/mol. The number of hydrogen-bond donors (Lipinski definition) is 2. The molecule has 1 aliphatic heterocycles. The number of nitrogens with one attached hydrogen (secondary N) is 2. The van der Waals surface area contributed by atoms with Gasteiger partial charge in [0.1, 0.15) is 0 Å². The molecule has 0 atom stereocenters. The van der Waals surface area contributed by atoms with Gasteiger partial charge in [0.15, 0.2) is 10.2 Å². The van der Waals surface area contributed by atoms with Crippen LogP contribution in [0.25, 0.3) is 0 Å². The van der Waals surface area contributed by atoms with Gasteiger partial charge >= 0.3 is 0 Å². The van der Waals surface area contributed by atoms with Crippen LogP contribution in [0.5, 0.6) is 0 Å². The lowest BCUT2D eigenvalue weighted by molar-refractivity contribution is -0.114. The van der Waals surface area contributed by atoms with Crippen LogP contribution < -0.4 is 10.6 Å². The number of aryl methyl sites for hydroxylation is 1. The van der Waals surface area contributed by atoms with Crippen LogP contribution in [0.3, 0.4) is 0 Å². The van der Waals surface area contributed by atoms with E-state index in [4.69, 9.17) is 0 Å². The Kier molecular flexibility index (Phi) is 4.19. The molecule has 0 radical (unpaired) electrons. The molecule has 2 heterocycles. The Morgan fingerprint density at radius 3 is 2.63 bits per heavy atom. The van der Waals surface area contributed by atoms with Crippen molar-refractivity contribution in [2.45, 2.75) is 18.9 Å². The Morgan fingerprint density at radius 2 is 2.05 bits per heavy atom. The maximum atomic E-state index is 12.4. The highest BCUT2D eigenvalue weighted by molar-refractivity contribution is 7.89. The third-order valence-corrected chi connectivity index (χ3v) is 5.64. The zero-order valence-electron chi connectivity index (χ0n) is 10.8. The quantitative estimate of drug-likeness (QED) is 0.820. The zero-order valence-corrected chi connectivity index (χ0v) is 12.4. The molecule has 9 heteroatoms. The number of piperazine rings is 1. The molecule has 19 heavy (non-hydrogen) atoms. The number of sulfonamides is 1. The normalized spacial score (nSPS) is 17.4. The number of aromatic nitrogens is 1. The lowest BCUT2D eigenvalue weighted by atomic mass is 10.4. The van der Waals surface area contributed by atoms with Crippen molar-refractivity contribution in [1.82, 2.24) is 14.6 Å². The number of amides is 1. The summed E-state index contributed by atoms with van der Waals surface area (Å²) < 4.78 is 26.3. The Hall–Kier alpha value is -1.03. The molecule has 1 aromatic heterocycles. The van der Waals surface area contributed by atoms with Crippen LogP contribution in [0.15, 0.2) is 5.03 Å². The van der Waals surface area contributed by atoms with Gasteiger partial charge in [-0.15, -0.1) is 11.3 Å². The Balaban J connectivity index is 2.29. The first-order valence-electron chi connectivity index (χ1n) is 5.87. The summed E-state index contributed by atoms with van der Waals surface area (Å²) in [5.74, 6) is -0.264. The van der Waals surface area contributed by atoms with Crippen LogP contribution >= 0.6 is 11.3 Å². The highest BCUT2D eigenvalue weighted by Crippen LogP contribution is 2.27. The number of carbonyl (C=O) groups is 1. The summed E-state index contributed by atoms with van der Waals surface area (Å²) in [7, 11) is -3.57. The fraction of sp³-hybridized carbons (Fsp3) is 0.600. The summed E-state index contributed by atoms with van der Waals surface area (Å²) in [5.41, 5.74) is 0. The van der Waals surface area contributed by atoms with Crippen molar-refractivity contribution in [1.29, 1.82) is 0 Å². The molecule has 1 fully saturated rings. The second-order valence-electron chi connectivity index (χ2n) is 4.22. The van der Waals surface area contributed by atoms with E-state index in [1.54, 1.807) is 6.92 Å². The van der Waals surface area contributed by atoms with Gasteiger partial charge in [0.25, 0.3) is 10.0 Å². The fourth-order valence-corrected chi connectivity index (χ4v) is 4.56. The van der Waals surface area contributed by atoms with Gasteiger partial charge in [-0.25, -0.2) is 13.4 Å². The van der Waals surface area contributed by atoms with Crippen LogP contribution in [0.1, 0.15) is 11.8 Å². The van der Waals surface area contributed by atoms with Crippen LogP contribution in [0, 0.1) is 6.92 Å². The molecule has 2 N–H and O–H groups in total. The van der Waals surface area contributed by atoms with Crippen molar-refractivity contribution in [2.75, 3.05) is 31.5 Å².